The van der Waals surface area contributed by atoms with Crippen molar-refractivity contribution in [2.45, 2.75) is 26.7 Å². The number of hydrogen-bond acceptors (Lipinski definition) is 3. The maximum Gasteiger partial charge on any atom is 0.177 e. The van der Waals surface area contributed by atoms with Gasteiger partial charge in [-0.05, 0) is 31.5 Å². The predicted octanol–water partition coefficient (Wildman–Crippen LogP) is 4.05. The molecule has 0 saturated heterocycles. The van der Waals surface area contributed by atoms with Crippen molar-refractivity contribution >= 4 is 17.1 Å². The van der Waals surface area contributed by atoms with E-state index in [1.54, 1.807) is 18.4 Å². The first kappa shape index (κ1) is 13.8. The summed E-state index contributed by atoms with van der Waals surface area (Å²) >= 11 is 1.59. The van der Waals surface area contributed by atoms with Crippen LogP contribution in [0.4, 0.5) is 0 Å². The topological polar surface area (TPSA) is 26.3 Å². The summed E-state index contributed by atoms with van der Waals surface area (Å²) in [6, 6.07) is 9.89. The highest BCUT2D eigenvalue weighted by atomic mass is 32.1. The van der Waals surface area contributed by atoms with Gasteiger partial charge in [0.05, 0.1) is 12.0 Å². The third-order valence-corrected chi connectivity index (χ3v) is 4.34. The molecule has 0 spiro atoms. The van der Waals surface area contributed by atoms with Crippen molar-refractivity contribution in [2.24, 2.45) is 0 Å². The Morgan fingerprint density at radius 3 is 2.68 bits per heavy atom. The average Bonchev–Trinajstić information content (AvgIpc) is 2.88. The van der Waals surface area contributed by atoms with Crippen molar-refractivity contribution in [3.05, 3.63) is 51.2 Å². The first-order valence-corrected chi connectivity index (χ1v) is 7.21. The Morgan fingerprint density at radius 1 is 1.26 bits per heavy atom. The van der Waals surface area contributed by atoms with Gasteiger partial charge < -0.3 is 4.74 Å². The van der Waals surface area contributed by atoms with E-state index >= 15 is 0 Å². The Labute approximate surface area is 118 Å². The minimum atomic E-state index is 0.161. The molecule has 0 aliphatic heterocycles. The molecule has 0 unspecified atom stereocenters. The van der Waals surface area contributed by atoms with Gasteiger partial charge in [0, 0.05) is 16.9 Å². The van der Waals surface area contributed by atoms with Crippen molar-refractivity contribution in [3.8, 4) is 5.75 Å². The van der Waals surface area contributed by atoms with Crippen molar-refractivity contribution in [1.29, 1.82) is 0 Å². The van der Waals surface area contributed by atoms with Crippen LogP contribution in [0.1, 0.15) is 32.6 Å². The number of rotatable bonds is 5. The van der Waals surface area contributed by atoms with E-state index in [4.69, 9.17) is 4.74 Å². The van der Waals surface area contributed by atoms with E-state index in [9.17, 15) is 4.79 Å². The van der Waals surface area contributed by atoms with E-state index in [1.807, 2.05) is 37.3 Å². The van der Waals surface area contributed by atoms with Crippen LogP contribution in [0.2, 0.25) is 0 Å². The molecular formula is C16H18O2S. The van der Waals surface area contributed by atoms with Crippen LogP contribution in [0.15, 0.2) is 30.3 Å². The first-order chi connectivity index (χ1) is 9.13. The molecule has 2 rings (SSSR count). The summed E-state index contributed by atoms with van der Waals surface area (Å²) in [5.41, 5.74) is 2.10. The zero-order valence-corrected chi connectivity index (χ0v) is 12.3. The molecule has 1 aromatic heterocycles. The quantitative estimate of drug-likeness (QED) is 0.769. The predicted molar refractivity (Wildman–Crippen MR) is 79.5 cm³/mol. The molecule has 100 valence electrons. The van der Waals surface area contributed by atoms with Crippen molar-refractivity contribution in [3.63, 3.8) is 0 Å². The summed E-state index contributed by atoms with van der Waals surface area (Å²) in [5.74, 6) is 0.944. The van der Waals surface area contributed by atoms with Crippen LogP contribution in [0.25, 0.3) is 0 Å². The van der Waals surface area contributed by atoms with Gasteiger partial charge in [0.25, 0.3) is 0 Å². The number of aryl methyl sites for hydroxylation is 2. The smallest absolute Gasteiger partial charge is 0.177 e. The number of Topliss-reactive ketones (excluding diaryl/α,β-unsaturated/α-hetero) is 1. The fourth-order valence-corrected chi connectivity index (χ4v) is 2.91. The minimum absolute atomic E-state index is 0.161. The third-order valence-electron chi connectivity index (χ3n) is 3.07. The van der Waals surface area contributed by atoms with Crippen molar-refractivity contribution < 1.29 is 9.53 Å². The van der Waals surface area contributed by atoms with Gasteiger partial charge >= 0.3 is 0 Å². The number of carbonyl (C=O) groups is 1. The summed E-state index contributed by atoms with van der Waals surface area (Å²) < 4.78 is 5.31. The molecule has 3 heteroatoms. The molecule has 0 fully saturated rings. The summed E-state index contributed by atoms with van der Waals surface area (Å²) in [7, 11) is 1.64. The zero-order chi connectivity index (χ0) is 13.8. The monoisotopic (exact) mass is 274 g/mol. The van der Waals surface area contributed by atoms with Crippen LogP contribution in [0, 0.1) is 6.92 Å². The number of methoxy groups -OCH3 is 1. The lowest BCUT2D eigenvalue weighted by Gasteiger charge is -2.08. The van der Waals surface area contributed by atoms with E-state index < -0.39 is 0 Å². The highest BCUT2D eigenvalue weighted by molar-refractivity contribution is 7.14. The first-order valence-electron chi connectivity index (χ1n) is 6.39. The highest BCUT2D eigenvalue weighted by Gasteiger charge is 2.13. The Kier molecular flexibility index (Phi) is 4.38. The minimum Gasteiger partial charge on any atom is -0.496 e. The van der Waals surface area contributed by atoms with E-state index in [2.05, 4.69) is 6.92 Å². The molecule has 19 heavy (non-hydrogen) atoms. The lowest BCUT2D eigenvalue weighted by atomic mass is 10.0. The molecule has 1 aromatic carbocycles. The number of thiophene rings is 1. The molecule has 0 amide bonds. The second-order valence-electron chi connectivity index (χ2n) is 4.53. The average molecular weight is 274 g/mol. The van der Waals surface area contributed by atoms with E-state index in [0.29, 0.717) is 6.42 Å². The highest BCUT2D eigenvalue weighted by Crippen LogP contribution is 2.24. The molecule has 0 bridgehead atoms. The van der Waals surface area contributed by atoms with Crippen LogP contribution in [-0.2, 0) is 12.8 Å². The summed E-state index contributed by atoms with van der Waals surface area (Å²) in [5, 5.41) is 0. The van der Waals surface area contributed by atoms with Gasteiger partial charge in [0.2, 0.25) is 0 Å². The number of benzene rings is 1. The second kappa shape index (κ2) is 6.02. The van der Waals surface area contributed by atoms with Gasteiger partial charge in [-0.25, -0.2) is 0 Å². The molecule has 0 aliphatic rings. The van der Waals surface area contributed by atoms with Gasteiger partial charge in [-0.3, -0.25) is 4.79 Å². The standard InChI is InChI=1S/C16H18O2S/c1-4-13-6-8-16(19-13)14(17)10-12-9-11(2)5-7-15(12)18-3/h5-9H,4,10H2,1-3H3. The number of carbonyl (C=O) groups excluding carboxylic acids is 1. The third kappa shape index (κ3) is 3.24. The Bertz CT molecular complexity index is 584. The van der Waals surface area contributed by atoms with Crippen LogP contribution < -0.4 is 4.74 Å². The largest absolute Gasteiger partial charge is 0.496 e. The van der Waals surface area contributed by atoms with Crippen LogP contribution in [0.5, 0.6) is 5.75 Å². The van der Waals surface area contributed by atoms with Gasteiger partial charge in [-0.1, -0.05) is 24.6 Å². The molecule has 2 aromatic rings. The van der Waals surface area contributed by atoms with E-state index in [0.717, 1.165) is 28.2 Å². The molecule has 1 heterocycles. The number of hydrogen-bond donors (Lipinski definition) is 0. The van der Waals surface area contributed by atoms with E-state index in [1.165, 1.54) is 4.88 Å². The SMILES string of the molecule is CCc1ccc(C(=O)Cc2cc(C)ccc2OC)s1. The van der Waals surface area contributed by atoms with E-state index in [-0.39, 0.29) is 5.78 Å². The fourth-order valence-electron chi connectivity index (χ4n) is 2.02. The van der Waals surface area contributed by atoms with Gasteiger partial charge in [0.15, 0.2) is 5.78 Å². The molecule has 2 nitrogen and oxygen atoms in total. The maximum absolute atomic E-state index is 12.3. The van der Waals surface area contributed by atoms with Crippen LogP contribution >= 0.6 is 11.3 Å². The number of ketones is 1. The zero-order valence-electron chi connectivity index (χ0n) is 11.5. The van der Waals surface area contributed by atoms with Gasteiger partial charge in [-0.15, -0.1) is 11.3 Å². The number of ether oxygens (including phenoxy) is 1. The van der Waals surface area contributed by atoms with Gasteiger partial charge in [-0.2, -0.15) is 0 Å². The van der Waals surface area contributed by atoms with Crippen LogP contribution in [0.3, 0.4) is 0 Å². The lowest BCUT2D eigenvalue weighted by Crippen LogP contribution is -2.03. The molecule has 0 radical (unpaired) electrons. The molecule has 0 saturated carbocycles. The van der Waals surface area contributed by atoms with Crippen molar-refractivity contribution in [1.82, 2.24) is 0 Å². The summed E-state index contributed by atoms with van der Waals surface area (Å²) in [6.07, 6.45) is 1.38. The lowest BCUT2D eigenvalue weighted by molar-refractivity contribution is 0.0996. The Balaban J connectivity index is 2.20. The summed E-state index contributed by atoms with van der Waals surface area (Å²) in [4.78, 5) is 14.4. The second-order valence-corrected chi connectivity index (χ2v) is 5.70. The van der Waals surface area contributed by atoms with Crippen LogP contribution in [-0.4, -0.2) is 12.9 Å². The molecule has 0 N–H and O–H groups in total. The summed E-state index contributed by atoms with van der Waals surface area (Å²) in [6.45, 7) is 4.12. The van der Waals surface area contributed by atoms with Gasteiger partial charge in [0.1, 0.15) is 5.75 Å². The van der Waals surface area contributed by atoms with Crippen molar-refractivity contribution in [2.75, 3.05) is 7.11 Å². The molecular weight excluding hydrogens is 256 g/mol. The molecule has 0 atom stereocenters. The Morgan fingerprint density at radius 2 is 2.05 bits per heavy atom. The fraction of sp³-hybridized carbons (Fsp3) is 0.312. The molecule has 0 aliphatic carbocycles. The normalized spacial score (nSPS) is 10.5. The maximum atomic E-state index is 12.3. The Hall–Kier alpha value is -1.61.